The second-order valence-electron chi connectivity index (χ2n) is 6.62. The average molecular weight is 289 g/mol. The van der Waals surface area contributed by atoms with Gasteiger partial charge in [-0.1, -0.05) is 5.92 Å². The third-order valence-electron chi connectivity index (χ3n) is 4.03. The highest BCUT2D eigenvalue weighted by atomic mass is 19.4. The van der Waals surface area contributed by atoms with Crippen molar-refractivity contribution in [3.05, 3.63) is 0 Å². The van der Waals surface area contributed by atoms with Gasteiger partial charge in [-0.2, -0.15) is 13.2 Å². The first-order chi connectivity index (χ1) is 8.98. The lowest BCUT2D eigenvalue weighted by Crippen LogP contribution is -2.52. The number of halogens is 3. The SMILES string of the molecule is C#C[C@]12C[C@H](C(F)(F)F)[C@H]1CN(C(=O)OC(C)(C)C)C2. The van der Waals surface area contributed by atoms with Gasteiger partial charge in [-0.15, -0.1) is 6.42 Å². The zero-order valence-corrected chi connectivity index (χ0v) is 11.8. The lowest BCUT2D eigenvalue weighted by molar-refractivity contribution is -0.231. The summed E-state index contributed by atoms with van der Waals surface area (Å²) in [6, 6.07) is 0. The molecule has 1 amide bonds. The minimum absolute atomic E-state index is 0.0172. The molecule has 2 aliphatic rings. The highest BCUT2D eigenvalue weighted by Crippen LogP contribution is 2.60. The van der Waals surface area contributed by atoms with E-state index in [9.17, 15) is 18.0 Å². The van der Waals surface area contributed by atoms with Crippen LogP contribution in [0.25, 0.3) is 0 Å². The van der Waals surface area contributed by atoms with Crippen LogP contribution in [-0.4, -0.2) is 35.9 Å². The zero-order valence-electron chi connectivity index (χ0n) is 11.8. The van der Waals surface area contributed by atoms with Gasteiger partial charge in [0.25, 0.3) is 0 Å². The Morgan fingerprint density at radius 1 is 1.40 bits per heavy atom. The van der Waals surface area contributed by atoms with Crippen molar-refractivity contribution in [1.29, 1.82) is 0 Å². The number of likely N-dealkylation sites (tertiary alicyclic amines) is 1. The average Bonchev–Trinajstić information content (AvgIpc) is 2.49. The van der Waals surface area contributed by atoms with E-state index in [1.54, 1.807) is 20.8 Å². The van der Waals surface area contributed by atoms with E-state index >= 15 is 0 Å². The molecule has 0 radical (unpaired) electrons. The number of carbonyl (C=O) groups is 1. The van der Waals surface area contributed by atoms with Crippen LogP contribution in [0.4, 0.5) is 18.0 Å². The van der Waals surface area contributed by atoms with Crippen LogP contribution < -0.4 is 0 Å². The van der Waals surface area contributed by atoms with Crippen LogP contribution in [0.2, 0.25) is 0 Å². The Morgan fingerprint density at radius 3 is 2.45 bits per heavy atom. The Hall–Kier alpha value is -1.38. The summed E-state index contributed by atoms with van der Waals surface area (Å²) in [6.07, 6.45) is 0.459. The van der Waals surface area contributed by atoms with Gasteiger partial charge in [0.1, 0.15) is 5.60 Å². The Kier molecular flexibility index (Phi) is 3.23. The number of terminal acetylenes is 1. The molecule has 20 heavy (non-hydrogen) atoms. The van der Waals surface area contributed by atoms with Gasteiger partial charge in [-0.25, -0.2) is 4.79 Å². The minimum Gasteiger partial charge on any atom is -0.444 e. The van der Waals surface area contributed by atoms with Crippen LogP contribution in [0, 0.1) is 29.6 Å². The molecule has 1 aliphatic carbocycles. The smallest absolute Gasteiger partial charge is 0.410 e. The first-order valence-electron chi connectivity index (χ1n) is 6.51. The van der Waals surface area contributed by atoms with Crippen molar-refractivity contribution in [3.8, 4) is 12.3 Å². The molecule has 3 nitrogen and oxygen atoms in total. The zero-order chi connectivity index (χ0) is 15.3. The van der Waals surface area contributed by atoms with Gasteiger partial charge >= 0.3 is 12.3 Å². The topological polar surface area (TPSA) is 29.5 Å². The molecule has 2 rings (SSSR count). The second-order valence-corrected chi connectivity index (χ2v) is 6.62. The number of hydrogen-bond donors (Lipinski definition) is 0. The summed E-state index contributed by atoms with van der Waals surface area (Å²) >= 11 is 0. The summed E-state index contributed by atoms with van der Waals surface area (Å²) in [6.45, 7) is 5.31. The third-order valence-corrected chi connectivity index (χ3v) is 4.03. The van der Waals surface area contributed by atoms with Crippen molar-refractivity contribution in [1.82, 2.24) is 4.90 Å². The van der Waals surface area contributed by atoms with Crippen LogP contribution in [0.5, 0.6) is 0 Å². The lowest BCUT2D eigenvalue weighted by atomic mass is 9.55. The molecule has 1 saturated heterocycles. The van der Waals surface area contributed by atoms with Crippen molar-refractivity contribution < 1.29 is 22.7 Å². The maximum absolute atomic E-state index is 12.8. The molecule has 0 unspecified atom stereocenters. The van der Waals surface area contributed by atoms with Gasteiger partial charge < -0.3 is 9.64 Å². The Morgan fingerprint density at radius 2 is 2.00 bits per heavy atom. The van der Waals surface area contributed by atoms with Crippen molar-refractivity contribution in [2.45, 2.75) is 39.0 Å². The number of hydrogen-bond acceptors (Lipinski definition) is 2. The predicted molar refractivity (Wildman–Crippen MR) is 66.7 cm³/mol. The molecule has 1 saturated carbocycles. The van der Waals surface area contributed by atoms with Gasteiger partial charge in [-0.3, -0.25) is 0 Å². The maximum Gasteiger partial charge on any atom is 0.410 e. The van der Waals surface area contributed by atoms with E-state index in [1.807, 2.05) is 0 Å². The number of alkyl halides is 3. The van der Waals surface area contributed by atoms with Gasteiger partial charge in [0, 0.05) is 19.0 Å². The molecule has 3 atom stereocenters. The molecule has 0 spiro atoms. The fourth-order valence-electron chi connectivity index (χ4n) is 3.06. The van der Waals surface area contributed by atoms with Crippen LogP contribution in [0.3, 0.4) is 0 Å². The van der Waals surface area contributed by atoms with E-state index in [4.69, 9.17) is 11.2 Å². The largest absolute Gasteiger partial charge is 0.444 e. The number of fused-ring (bicyclic) bond motifs is 1. The summed E-state index contributed by atoms with van der Waals surface area (Å²) in [5.41, 5.74) is -1.51. The predicted octanol–water partition coefficient (Wildman–Crippen LogP) is 3.06. The van der Waals surface area contributed by atoms with Crippen molar-refractivity contribution in [3.63, 3.8) is 0 Å². The molecule has 1 heterocycles. The number of rotatable bonds is 0. The summed E-state index contributed by atoms with van der Waals surface area (Å²) in [5.74, 6) is 0.358. The van der Waals surface area contributed by atoms with Gasteiger partial charge in [0.15, 0.2) is 0 Å². The maximum atomic E-state index is 12.8. The molecule has 112 valence electrons. The first-order valence-corrected chi connectivity index (χ1v) is 6.51. The number of carbonyl (C=O) groups excluding carboxylic acids is 1. The van der Waals surface area contributed by atoms with E-state index in [2.05, 4.69) is 5.92 Å². The van der Waals surface area contributed by atoms with E-state index in [1.165, 1.54) is 4.90 Å². The molecule has 0 aromatic heterocycles. The van der Waals surface area contributed by atoms with Crippen LogP contribution in [-0.2, 0) is 4.74 Å². The summed E-state index contributed by atoms with van der Waals surface area (Å²) < 4.78 is 43.7. The van der Waals surface area contributed by atoms with E-state index in [0.717, 1.165) is 0 Å². The molecule has 1 aliphatic heterocycles. The van der Waals surface area contributed by atoms with Crippen molar-refractivity contribution in [2.24, 2.45) is 17.3 Å². The standard InChI is InChI=1S/C14H18F3NO2/c1-5-13-6-9(14(15,16)17)10(13)7-18(8-13)11(19)20-12(2,3)4/h1,9-10H,6-8H2,2-4H3/t9-,10+,13+/m0/s1. The van der Waals surface area contributed by atoms with Crippen LogP contribution in [0.15, 0.2) is 0 Å². The highest BCUT2D eigenvalue weighted by molar-refractivity contribution is 5.69. The van der Waals surface area contributed by atoms with Gasteiger partial charge in [0.2, 0.25) is 0 Å². The van der Waals surface area contributed by atoms with E-state index in [0.29, 0.717) is 0 Å². The quantitative estimate of drug-likeness (QED) is 0.641. The molecule has 0 aromatic carbocycles. The number of amides is 1. The fourth-order valence-corrected chi connectivity index (χ4v) is 3.06. The molecule has 0 N–H and O–H groups in total. The van der Waals surface area contributed by atoms with E-state index in [-0.39, 0.29) is 19.5 Å². The second kappa shape index (κ2) is 4.31. The monoisotopic (exact) mass is 289 g/mol. The van der Waals surface area contributed by atoms with E-state index < -0.39 is 35.1 Å². The molecule has 2 fully saturated rings. The van der Waals surface area contributed by atoms with Crippen molar-refractivity contribution >= 4 is 6.09 Å². The van der Waals surface area contributed by atoms with Gasteiger partial charge in [-0.05, 0) is 27.2 Å². The van der Waals surface area contributed by atoms with Gasteiger partial charge in [0.05, 0.1) is 11.3 Å². The number of ether oxygens (including phenoxy) is 1. The third kappa shape index (κ3) is 2.46. The molecule has 0 bridgehead atoms. The Bertz CT molecular complexity index is 461. The van der Waals surface area contributed by atoms with Crippen LogP contribution in [0.1, 0.15) is 27.2 Å². The Labute approximate surface area is 116 Å². The molecule has 0 aromatic rings. The lowest BCUT2D eigenvalue weighted by Gasteiger charge is -2.47. The Balaban J connectivity index is 2.10. The summed E-state index contributed by atoms with van der Waals surface area (Å²) in [5, 5.41) is 0. The van der Waals surface area contributed by atoms with Crippen LogP contribution >= 0.6 is 0 Å². The molecule has 6 heteroatoms. The summed E-state index contributed by atoms with van der Waals surface area (Å²) in [4.78, 5) is 13.3. The fraction of sp³-hybridized carbons (Fsp3) is 0.786. The number of nitrogens with zero attached hydrogens (tertiary/aromatic N) is 1. The minimum atomic E-state index is -4.26. The molecular weight excluding hydrogens is 271 g/mol. The molecular formula is C14H18F3NO2. The summed E-state index contributed by atoms with van der Waals surface area (Å²) in [7, 11) is 0. The normalized spacial score (nSPS) is 33.1. The highest BCUT2D eigenvalue weighted by Gasteiger charge is 2.66. The first kappa shape index (κ1) is 15.0. The van der Waals surface area contributed by atoms with Crippen molar-refractivity contribution in [2.75, 3.05) is 13.1 Å².